The van der Waals surface area contributed by atoms with E-state index >= 15 is 0 Å². The smallest absolute Gasteiger partial charge is 0.257 e. The van der Waals surface area contributed by atoms with Crippen LogP contribution < -0.4 is 19.5 Å². The normalized spacial score (nSPS) is 10.9. The third-order valence-electron chi connectivity index (χ3n) is 4.87. The highest BCUT2D eigenvalue weighted by Crippen LogP contribution is 2.38. The molecule has 0 saturated carbocycles. The number of nitrogens with zero attached hydrogens (tertiary/aromatic N) is 3. The second-order valence-electron chi connectivity index (χ2n) is 6.99. The van der Waals surface area contributed by atoms with Gasteiger partial charge in [-0.1, -0.05) is 29.0 Å². The summed E-state index contributed by atoms with van der Waals surface area (Å²) in [5.74, 6) is 1.31. The zero-order chi connectivity index (χ0) is 23.0. The molecule has 1 N–H and O–H groups in total. The molecule has 0 aliphatic heterocycles. The molecule has 0 radical (unpaired) electrons. The van der Waals surface area contributed by atoms with Gasteiger partial charge in [-0.2, -0.15) is 9.78 Å². The maximum absolute atomic E-state index is 13.1. The lowest BCUT2D eigenvalue weighted by molar-refractivity contribution is 0.102. The molecule has 4 rings (SSSR count). The van der Waals surface area contributed by atoms with Gasteiger partial charge in [-0.05, 0) is 37.6 Å². The number of methoxy groups -OCH3 is 3. The summed E-state index contributed by atoms with van der Waals surface area (Å²) in [4.78, 5) is 17.8. The lowest BCUT2D eigenvalue weighted by Crippen LogP contribution is -2.15. The molecule has 0 saturated heterocycles. The topological polar surface area (TPSA) is 87.5 Å². The summed E-state index contributed by atoms with van der Waals surface area (Å²) in [5, 5.41) is 8.65. The highest BCUT2D eigenvalue weighted by Gasteiger charge is 2.20. The molecule has 0 unspecified atom stereocenters. The van der Waals surface area contributed by atoms with Crippen LogP contribution in [0, 0.1) is 13.8 Å². The molecule has 8 nitrogen and oxygen atoms in total. The molecule has 166 valence electrons. The first-order valence-corrected chi connectivity index (χ1v) is 10.8. The van der Waals surface area contributed by atoms with Crippen molar-refractivity contribution < 1.29 is 19.0 Å². The van der Waals surface area contributed by atoms with Crippen molar-refractivity contribution in [1.82, 2.24) is 14.8 Å². The first kappa shape index (κ1) is 21.9. The number of aryl methyl sites for hydroxylation is 2. The van der Waals surface area contributed by atoms with Crippen LogP contribution in [0.3, 0.4) is 0 Å². The number of carbonyl (C=O) groups is 1. The number of amides is 1. The first-order chi connectivity index (χ1) is 15.4. The molecule has 0 aliphatic carbocycles. The lowest BCUT2D eigenvalue weighted by Gasteiger charge is -2.14. The Morgan fingerprint density at radius 2 is 1.75 bits per heavy atom. The number of hydrogen-bond acceptors (Lipinski definition) is 7. The van der Waals surface area contributed by atoms with Crippen LogP contribution >= 0.6 is 22.9 Å². The van der Waals surface area contributed by atoms with E-state index in [9.17, 15) is 4.79 Å². The number of hydrogen-bond donors (Lipinski definition) is 1. The monoisotopic (exact) mass is 472 g/mol. The number of ether oxygens (including phenoxy) is 3. The Labute approximate surface area is 193 Å². The van der Waals surface area contributed by atoms with Crippen LogP contribution in [0.4, 0.5) is 5.82 Å². The molecule has 10 heteroatoms. The van der Waals surface area contributed by atoms with Gasteiger partial charge in [-0.3, -0.25) is 4.79 Å². The molecule has 2 aromatic carbocycles. The van der Waals surface area contributed by atoms with E-state index in [0.717, 1.165) is 21.5 Å². The average Bonchev–Trinajstić information content (AvgIpc) is 3.39. The molecule has 32 heavy (non-hydrogen) atoms. The minimum Gasteiger partial charge on any atom is -0.493 e. The van der Waals surface area contributed by atoms with E-state index in [-0.39, 0.29) is 5.91 Å². The summed E-state index contributed by atoms with van der Waals surface area (Å²) in [7, 11) is 4.50. The number of nitrogens with one attached hydrogen (secondary N) is 1. The minimum absolute atomic E-state index is 0.341. The summed E-state index contributed by atoms with van der Waals surface area (Å²) in [6.07, 6.45) is 0. The Morgan fingerprint density at radius 3 is 2.34 bits per heavy atom. The molecule has 0 aliphatic rings. The van der Waals surface area contributed by atoms with E-state index in [2.05, 4.69) is 10.4 Å². The Balaban J connectivity index is 1.73. The van der Waals surface area contributed by atoms with Gasteiger partial charge in [0.2, 0.25) is 10.9 Å². The molecule has 0 fully saturated rings. The van der Waals surface area contributed by atoms with Crippen LogP contribution in [-0.4, -0.2) is 42.0 Å². The van der Waals surface area contributed by atoms with Crippen molar-refractivity contribution in [3.05, 3.63) is 52.2 Å². The van der Waals surface area contributed by atoms with E-state index in [0.29, 0.717) is 38.8 Å². The lowest BCUT2D eigenvalue weighted by atomic mass is 10.1. The van der Waals surface area contributed by atoms with Crippen molar-refractivity contribution in [1.29, 1.82) is 0 Å². The zero-order valence-electron chi connectivity index (χ0n) is 18.1. The molecule has 0 bridgehead atoms. The quantitative estimate of drug-likeness (QED) is 0.423. The van der Waals surface area contributed by atoms with Gasteiger partial charge in [-0.25, -0.2) is 4.98 Å². The summed E-state index contributed by atoms with van der Waals surface area (Å²) in [5.41, 5.74) is 2.90. The maximum Gasteiger partial charge on any atom is 0.257 e. The van der Waals surface area contributed by atoms with Crippen LogP contribution in [0.25, 0.3) is 15.3 Å². The van der Waals surface area contributed by atoms with Crippen molar-refractivity contribution >= 4 is 44.9 Å². The maximum atomic E-state index is 13.1. The summed E-state index contributed by atoms with van der Waals surface area (Å²) in [6, 6.07) is 8.73. The predicted molar refractivity (Wildman–Crippen MR) is 125 cm³/mol. The third kappa shape index (κ3) is 3.85. The number of aromatic nitrogens is 3. The minimum atomic E-state index is -0.360. The Bertz CT molecular complexity index is 1270. The summed E-state index contributed by atoms with van der Waals surface area (Å²) >= 11 is 7.77. The Hall–Kier alpha value is -3.30. The third-order valence-corrected chi connectivity index (χ3v) is 6.36. The van der Waals surface area contributed by atoms with E-state index in [4.69, 9.17) is 30.8 Å². The van der Waals surface area contributed by atoms with Crippen LogP contribution in [0.1, 0.15) is 21.6 Å². The molecular weight excluding hydrogens is 452 g/mol. The van der Waals surface area contributed by atoms with E-state index < -0.39 is 0 Å². The fraction of sp³-hybridized carbons (Fsp3) is 0.227. The number of anilines is 1. The molecule has 2 aromatic heterocycles. The number of fused-ring (bicyclic) bond motifs is 1. The number of thiazole rings is 1. The van der Waals surface area contributed by atoms with E-state index in [1.165, 1.54) is 32.7 Å². The molecule has 4 aromatic rings. The second-order valence-corrected chi connectivity index (χ2v) is 8.37. The van der Waals surface area contributed by atoms with Crippen molar-refractivity contribution in [2.75, 3.05) is 26.6 Å². The van der Waals surface area contributed by atoms with Gasteiger partial charge in [0.1, 0.15) is 5.82 Å². The number of rotatable bonds is 6. The fourth-order valence-electron chi connectivity index (χ4n) is 3.32. The van der Waals surface area contributed by atoms with Crippen molar-refractivity contribution in [3.8, 4) is 22.4 Å². The van der Waals surface area contributed by atoms with E-state index in [1.807, 2.05) is 26.0 Å². The Morgan fingerprint density at radius 1 is 1.06 bits per heavy atom. The SMILES string of the molecule is COc1cc(C(=O)Nc2cc(C)nn2-c2nc3c(C)ccc(Cl)c3s2)cc(OC)c1OC. The summed E-state index contributed by atoms with van der Waals surface area (Å²) in [6.45, 7) is 3.82. The highest BCUT2D eigenvalue weighted by molar-refractivity contribution is 7.21. The van der Waals surface area contributed by atoms with Crippen molar-refractivity contribution in [3.63, 3.8) is 0 Å². The second kappa shape index (κ2) is 8.68. The Kier molecular flexibility index (Phi) is 5.94. The predicted octanol–water partition coefficient (Wildman–Crippen LogP) is 5.03. The number of halogens is 1. The molecule has 1 amide bonds. The first-order valence-electron chi connectivity index (χ1n) is 9.60. The molecule has 2 heterocycles. The van der Waals surface area contributed by atoms with Crippen LogP contribution in [0.15, 0.2) is 30.3 Å². The van der Waals surface area contributed by atoms with E-state index in [1.54, 1.807) is 22.9 Å². The highest BCUT2D eigenvalue weighted by atomic mass is 35.5. The van der Waals surface area contributed by atoms with Crippen LogP contribution in [0.5, 0.6) is 17.2 Å². The van der Waals surface area contributed by atoms with Gasteiger partial charge < -0.3 is 19.5 Å². The number of carbonyl (C=O) groups excluding carboxylic acids is 1. The van der Waals surface area contributed by atoms with Crippen molar-refractivity contribution in [2.24, 2.45) is 0 Å². The zero-order valence-corrected chi connectivity index (χ0v) is 19.7. The van der Waals surface area contributed by atoms with Gasteiger partial charge >= 0.3 is 0 Å². The molecular formula is C22H21ClN4O4S. The van der Waals surface area contributed by atoms with Gasteiger partial charge in [0, 0.05) is 11.6 Å². The van der Waals surface area contributed by atoms with Crippen LogP contribution in [0.2, 0.25) is 5.02 Å². The van der Waals surface area contributed by atoms with Gasteiger partial charge in [0.05, 0.1) is 42.3 Å². The van der Waals surface area contributed by atoms with Gasteiger partial charge in [0.15, 0.2) is 11.5 Å². The van der Waals surface area contributed by atoms with Crippen molar-refractivity contribution in [2.45, 2.75) is 13.8 Å². The number of benzene rings is 2. The standard InChI is InChI=1S/C22H21ClN4O4S/c1-11-6-7-14(23)20-18(11)25-22(32-20)27-17(8-12(2)26-27)24-21(28)13-9-15(29-3)19(31-5)16(10-13)30-4/h6-10H,1-5H3,(H,24,28). The fourth-order valence-corrected chi connectivity index (χ4v) is 4.60. The van der Waals surface area contributed by atoms with Gasteiger partial charge in [-0.15, -0.1) is 0 Å². The average molecular weight is 473 g/mol. The summed E-state index contributed by atoms with van der Waals surface area (Å²) < 4.78 is 18.5. The molecule has 0 atom stereocenters. The van der Waals surface area contributed by atoms with Crippen LogP contribution in [-0.2, 0) is 0 Å². The molecule has 0 spiro atoms. The largest absolute Gasteiger partial charge is 0.493 e. The van der Waals surface area contributed by atoms with Gasteiger partial charge in [0.25, 0.3) is 5.91 Å².